The van der Waals surface area contributed by atoms with Gasteiger partial charge in [-0.2, -0.15) is 0 Å². The van der Waals surface area contributed by atoms with Crippen molar-refractivity contribution in [1.82, 2.24) is 10.2 Å². The Hall–Kier alpha value is -3.73. The number of imide groups is 1. The Kier molecular flexibility index (Phi) is 7.35. The van der Waals surface area contributed by atoms with Crippen LogP contribution in [0.4, 0.5) is 0 Å². The summed E-state index contributed by atoms with van der Waals surface area (Å²) in [4.78, 5) is 50.8. The summed E-state index contributed by atoms with van der Waals surface area (Å²) < 4.78 is 28.5. The Morgan fingerprint density at radius 3 is 2.29 bits per heavy atom. The van der Waals surface area contributed by atoms with E-state index in [9.17, 15) is 32.7 Å². The van der Waals surface area contributed by atoms with Crippen molar-refractivity contribution in [3.05, 3.63) is 64.7 Å². The van der Waals surface area contributed by atoms with E-state index in [-0.39, 0.29) is 35.4 Å². The van der Waals surface area contributed by atoms with Crippen molar-refractivity contribution >= 4 is 33.5 Å². The molecule has 1 aliphatic rings. The zero-order chi connectivity index (χ0) is 25.0. The molecule has 0 aromatic heterocycles. The van der Waals surface area contributed by atoms with Crippen LogP contribution >= 0.6 is 0 Å². The maximum Gasteiger partial charge on any atom is 0.326 e. The number of hydrogen-bond donors (Lipinski definition) is 2. The van der Waals surface area contributed by atoms with E-state index in [0.717, 1.165) is 4.90 Å². The van der Waals surface area contributed by atoms with Crippen molar-refractivity contribution < 1.29 is 37.4 Å². The predicted octanol–water partition coefficient (Wildman–Crippen LogP) is 1.50. The quantitative estimate of drug-likeness (QED) is 0.478. The van der Waals surface area contributed by atoms with Crippen LogP contribution in [0.2, 0.25) is 0 Å². The summed E-state index contributed by atoms with van der Waals surface area (Å²) in [5.41, 5.74) is 0.862. The van der Waals surface area contributed by atoms with Gasteiger partial charge in [-0.1, -0.05) is 19.1 Å². The highest BCUT2D eigenvalue weighted by Crippen LogP contribution is 2.26. The molecule has 0 saturated heterocycles. The number of benzene rings is 2. The highest BCUT2D eigenvalue weighted by Gasteiger charge is 2.36. The maximum absolute atomic E-state index is 12.9. The van der Waals surface area contributed by atoms with Crippen LogP contribution in [0, 0.1) is 0 Å². The van der Waals surface area contributed by atoms with E-state index in [1.54, 1.807) is 24.3 Å². The van der Waals surface area contributed by atoms with E-state index in [0.29, 0.717) is 11.3 Å². The van der Waals surface area contributed by atoms with E-state index in [1.165, 1.54) is 32.2 Å². The summed E-state index contributed by atoms with van der Waals surface area (Å²) in [7, 11) is -1.89. The first kappa shape index (κ1) is 24.9. The van der Waals surface area contributed by atoms with Crippen LogP contribution in [-0.2, 0) is 21.2 Å². The molecule has 0 bridgehead atoms. The van der Waals surface area contributed by atoms with E-state index in [1.807, 2.05) is 0 Å². The number of fused-ring (bicyclic) bond motifs is 1. The molecule has 3 rings (SSSR count). The van der Waals surface area contributed by atoms with Crippen LogP contribution in [-0.4, -0.2) is 66.8 Å². The Morgan fingerprint density at radius 2 is 1.71 bits per heavy atom. The molecule has 2 N–H and O–H groups in total. The Balaban J connectivity index is 1.75. The highest BCUT2D eigenvalue weighted by atomic mass is 32.2. The lowest BCUT2D eigenvalue weighted by Crippen LogP contribution is -2.42. The zero-order valence-electron chi connectivity index (χ0n) is 18.6. The van der Waals surface area contributed by atoms with Gasteiger partial charge >= 0.3 is 5.97 Å². The predicted molar refractivity (Wildman–Crippen MR) is 121 cm³/mol. The molecule has 2 aromatic carbocycles. The van der Waals surface area contributed by atoms with Crippen LogP contribution in [0.5, 0.6) is 5.75 Å². The molecule has 11 heteroatoms. The zero-order valence-corrected chi connectivity index (χ0v) is 19.4. The first-order valence-electron chi connectivity index (χ1n) is 10.4. The topological polar surface area (TPSA) is 147 Å². The van der Waals surface area contributed by atoms with Gasteiger partial charge in [-0.15, -0.1) is 0 Å². The lowest BCUT2D eigenvalue weighted by molar-refractivity contribution is -0.139. The molecular formula is C23H24N2O8S. The fraction of sp³-hybridized carbons (Fsp3) is 0.304. The Morgan fingerprint density at radius 1 is 1.06 bits per heavy atom. The number of carbonyl (C=O) groups is 4. The van der Waals surface area contributed by atoms with E-state index in [2.05, 4.69) is 5.32 Å². The normalized spacial score (nSPS) is 14.0. The molecule has 1 unspecified atom stereocenters. The average Bonchev–Trinajstić information content (AvgIpc) is 3.06. The second-order valence-corrected chi connectivity index (χ2v) is 10.2. The van der Waals surface area contributed by atoms with Crippen molar-refractivity contribution in [3.8, 4) is 5.75 Å². The monoisotopic (exact) mass is 488 g/mol. The summed E-state index contributed by atoms with van der Waals surface area (Å²) in [6, 6.07) is 9.35. The lowest BCUT2D eigenvalue weighted by Gasteiger charge is -2.14. The molecule has 1 atom stereocenters. The van der Waals surface area contributed by atoms with Gasteiger partial charge in [0.1, 0.15) is 21.6 Å². The van der Waals surface area contributed by atoms with Gasteiger partial charge < -0.3 is 15.2 Å². The molecule has 0 radical (unpaired) electrons. The Labute approximate surface area is 196 Å². The van der Waals surface area contributed by atoms with Crippen molar-refractivity contribution in [2.45, 2.75) is 25.9 Å². The minimum atomic E-state index is -3.42. The van der Waals surface area contributed by atoms with Gasteiger partial charge in [0.25, 0.3) is 17.7 Å². The summed E-state index contributed by atoms with van der Waals surface area (Å²) >= 11 is 0. The van der Waals surface area contributed by atoms with Crippen LogP contribution in [0.25, 0.3) is 0 Å². The number of nitrogens with one attached hydrogen (secondary N) is 1. The van der Waals surface area contributed by atoms with Gasteiger partial charge in [0.15, 0.2) is 0 Å². The van der Waals surface area contributed by atoms with E-state index in [4.69, 9.17) is 4.74 Å². The number of nitrogens with zero attached hydrogens (tertiary/aromatic N) is 1. The fourth-order valence-corrected chi connectivity index (χ4v) is 4.31. The van der Waals surface area contributed by atoms with Crippen molar-refractivity contribution in [3.63, 3.8) is 0 Å². The maximum atomic E-state index is 12.9. The molecule has 1 aliphatic heterocycles. The van der Waals surface area contributed by atoms with Gasteiger partial charge in [-0.05, 0) is 42.3 Å². The van der Waals surface area contributed by atoms with Gasteiger partial charge in [0.05, 0.1) is 30.5 Å². The minimum Gasteiger partial charge on any atom is -0.497 e. The fourth-order valence-electron chi connectivity index (χ4n) is 3.43. The molecule has 0 spiro atoms. The third-order valence-electron chi connectivity index (χ3n) is 5.49. The third-order valence-corrected chi connectivity index (χ3v) is 7.23. The molecule has 0 fully saturated rings. The molecule has 3 amide bonds. The van der Waals surface area contributed by atoms with Gasteiger partial charge in [-0.25, -0.2) is 13.2 Å². The summed E-state index contributed by atoms with van der Waals surface area (Å²) in [6.45, 7) is 1.48. The number of ether oxygens (including phenoxy) is 1. The number of carbonyl (C=O) groups excluding carboxylic acids is 3. The van der Waals surface area contributed by atoms with Crippen LogP contribution in [0.15, 0.2) is 42.5 Å². The smallest absolute Gasteiger partial charge is 0.326 e. The largest absolute Gasteiger partial charge is 0.497 e. The highest BCUT2D eigenvalue weighted by molar-refractivity contribution is 7.91. The summed E-state index contributed by atoms with van der Waals surface area (Å²) in [6.07, 6.45) is -0.296. The first-order chi connectivity index (χ1) is 16.1. The summed E-state index contributed by atoms with van der Waals surface area (Å²) in [5, 5.41) is 11.6. The molecule has 34 heavy (non-hydrogen) atoms. The van der Waals surface area contributed by atoms with Crippen LogP contribution in [0.1, 0.15) is 50.0 Å². The van der Waals surface area contributed by atoms with Crippen molar-refractivity contribution in [2.75, 3.05) is 18.6 Å². The lowest BCUT2D eigenvalue weighted by atomic mass is 10.0. The second kappa shape index (κ2) is 10.0. The van der Waals surface area contributed by atoms with Gasteiger partial charge in [0, 0.05) is 11.3 Å². The number of hydrogen-bond acceptors (Lipinski definition) is 7. The third kappa shape index (κ3) is 5.42. The second-order valence-electron chi connectivity index (χ2n) is 7.69. The number of rotatable bonds is 10. The summed E-state index contributed by atoms with van der Waals surface area (Å²) in [5.74, 6) is -3.14. The van der Waals surface area contributed by atoms with Crippen LogP contribution < -0.4 is 10.1 Å². The van der Waals surface area contributed by atoms with Crippen molar-refractivity contribution in [1.29, 1.82) is 0 Å². The van der Waals surface area contributed by atoms with Crippen LogP contribution in [0.3, 0.4) is 0 Å². The standard InChI is InChI=1S/C23H24N2O8S/c1-3-34(31,32)11-10-19(23(29)30)24-20(26)15-6-9-17-18(12-15)22(28)25(21(17)27)13-14-4-7-16(33-2)8-5-14/h4-9,12,19H,3,10-11,13H2,1-2H3,(H,24,26)(H,29,30). The Bertz CT molecular complexity index is 1240. The number of methoxy groups -OCH3 is 1. The molecule has 0 aliphatic carbocycles. The molecule has 0 saturated carbocycles. The number of amides is 3. The molecule has 2 aromatic rings. The molecular weight excluding hydrogens is 464 g/mol. The first-order valence-corrected chi connectivity index (χ1v) is 12.3. The minimum absolute atomic E-state index is 0.0178. The number of sulfone groups is 1. The van der Waals surface area contributed by atoms with Crippen molar-refractivity contribution in [2.24, 2.45) is 0 Å². The number of carboxylic acid groups (broad SMARTS) is 1. The van der Waals surface area contributed by atoms with E-state index < -0.39 is 45.3 Å². The molecule has 1 heterocycles. The molecule has 10 nitrogen and oxygen atoms in total. The van der Waals surface area contributed by atoms with Gasteiger partial charge in [-0.3, -0.25) is 19.3 Å². The number of aliphatic carboxylic acids is 1. The van der Waals surface area contributed by atoms with E-state index >= 15 is 0 Å². The number of carboxylic acids is 1. The average molecular weight is 489 g/mol. The SMILES string of the molecule is CCS(=O)(=O)CCC(NC(=O)c1ccc2c(c1)C(=O)N(Cc1ccc(OC)cc1)C2=O)C(=O)O. The van der Waals surface area contributed by atoms with Gasteiger partial charge in [0.2, 0.25) is 0 Å². The molecule has 180 valence electrons.